The van der Waals surface area contributed by atoms with E-state index in [1.807, 2.05) is 6.92 Å². The van der Waals surface area contributed by atoms with Crippen LogP contribution >= 0.6 is 0 Å². The Balaban J connectivity index is 1.75. The molecule has 0 radical (unpaired) electrons. The SMILES string of the molecule is COC[C@@H]1CCc2c(-c3cc(C)nc4[nH]ncc34)c(-c3ccc(F)cn3)nn2C1. The first-order valence-electron chi connectivity index (χ1n) is 9.65. The number of methoxy groups -OCH3 is 1. The quantitative estimate of drug-likeness (QED) is 0.574. The molecule has 0 saturated carbocycles. The second-order valence-electron chi connectivity index (χ2n) is 7.52. The number of aromatic amines is 1. The van der Waals surface area contributed by atoms with Crippen LogP contribution in [0, 0.1) is 18.7 Å². The number of aromatic nitrogens is 6. The van der Waals surface area contributed by atoms with E-state index in [0.29, 0.717) is 18.2 Å². The lowest BCUT2D eigenvalue weighted by Crippen LogP contribution is -2.24. The molecule has 0 saturated heterocycles. The summed E-state index contributed by atoms with van der Waals surface area (Å²) in [4.78, 5) is 8.85. The van der Waals surface area contributed by atoms with Crippen molar-refractivity contribution in [2.75, 3.05) is 13.7 Å². The summed E-state index contributed by atoms with van der Waals surface area (Å²) in [6.07, 6.45) is 4.94. The van der Waals surface area contributed by atoms with Crippen LogP contribution in [0.3, 0.4) is 0 Å². The number of ether oxygens (including phenoxy) is 1. The maximum absolute atomic E-state index is 13.5. The minimum Gasteiger partial charge on any atom is -0.384 e. The second-order valence-corrected chi connectivity index (χ2v) is 7.52. The van der Waals surface area contributed by atoms with Gasteiger partial charge in [0, 0.05) is 47.5 Å². The van der Waals surface area contributed by atoms with Gasteiger partial charge in [0.15, 0.2) is 5.65 Å². The van der Waals surface area contributed by atoms with Gasteiger partial charge < -0.3 is 4.74 Å². The van der Waals surface area contributed by atoms with E-state index in [2.05, 4.69) is 30.9 Å². The van der Waals surface area contributed by atoms with Gasteiger partial charge in [0.1, 0.15) is 11.5 Å². The number of hydrogen-bond donors (Lipinski definition) is 1. The van der Waals surface area contributed by atoms with Crippen LogP contribution in [-0.4, -0.2) is 43.7 Å². The Labute approximate surface area is 166 Å². The lowest BCUT2D eigenvalue weighted by Gasteiger charge is -2.23. The number of halogens is 1. The van der Waals surface area contributed by atoms with Gasteiger partial charge in [0.2, 0.25) is 0 Å². The van der Waals surface area contributed by atoms with Crippen molar-refractivity contribution in [3.05, 3.63) is 47.8 Å². The zero-order valence-corrected chi connectivity index (χ0v) is 16.3. The van der Waals surface area contributed by atoms with E-state index in [9.17, 15) is 4.39 Å². The van der Waals surface area contributed by atoms with Crippen LogP contribution in [0.25, 0.3) is 33.5 Å². The summed E-state index contributed by atoms with van der Waals surface area (Å²) in [6, 6.07) is 5.16. The fourth-order valence-corrected chi connectivity index (χ4v) is 4.19. The third-order valence-corrected chi connectivity index (χ3v) is 5.47. The maximum atomic E-state index is 13.5. The van der Waals surface area contributed by atoms with Crippen molar-refractivity contribution in [2.24, 2.45) is 5.92 Å². The molecule has 7 nitrogen and oxygen atoms in total. The lowest BCUT2D eigenvalue weighted by atomic mass is 9.92. The average Bonchev–Trinajstić information content (AvgIpc) is 3.32. The van der Waals surface area contributed by atoms with Crippen LogP contribution in [0.1, 0.15) is 17.8 Å². The van der Waals surface area contributed by atoms with Crippen molar-refractivity contribution in [3.63, 3.8) is 0 Å². The van der Waals surface area contributed by atoms with E-state index in [-0.39, 0.29) is 5.82 Å². The molecule has 1 atom stereocenters. The molecule has 8 heteroatoms. The van der Waals surface area contributed by atoms with Gasteiger partial charge in [-0.1, -0.05) is 0 Å². The summed E-state index contributed by atoms with van der Waals surface area (Å²) in [7, 11) is 1.73. The molecular weight excluding hydrogens is 371 g/mol. The molecule has 148 valence electrons. The van der Waals surface area contributed by atoms with Crippen molar-refractivity contribution < 1.29 is 9.13 Å². The van der Waals surface area contributed by atoms with Crippen molar-refractivity contribution in [1.29, 1.82) is 0 Å². The summed E-state index contributed by atoms with van der Waals surface area (Å²) in [6.45, 7) is 3.46. The predicted molar refractivity (Wildman–Crippen MR) is 107 cm³/mol. The van der Waals surface area contributed by atoms with E-state index in [4.69, 9.17) is 9.84 Å². The monoisotopic (exact) mass is 392 g/mol. The smallest absolute Gasteiger partial charge is 0.155 e. The zero-order chi connectivity index (χ0) is 20.0. The Morgan fingerprint density at radius 2 is 2.21 bits per heavy atom. The first-order chi connectivity index (χ1) is 14.1. The molecule has 5 heterocycles. The van der Waals surface area contributed by atoms with Gasteiger partial charge in [0.05, 0.1) is 24.7 Å². The molecular formula is C21H21FN6O. The fraction of sp³-hybridized carbons (Fsp3) is 0.333. The van der Waals surface area contributed by atoms with Crippen LogP contribution in [0.5, 0.6) is 0 Å². The molecule has 0 unspecified atom stereocenters. The molecule has 0 fully saturated rings. The molecule has 0 aromatic carbocycles. The third kappa shape index (κ3) is 3.09. The Hall–Kier alpha value is -3.13. The third-order valence-electron chi connectivity index (χ3n) is 5.47. The molecule has 1 aliphatic rings. The van der Waals surface area contributed by atoms with Gasteiger partial charge in [-0.2, -0.15) is 10.2 Å². The minimum absolute atomic E-state index is 0.364. The Morgan fingerprint density at radius 1 is 1.31 bits per heavy atom. The highest BCUT2D eigenvalue weighted by Crippen LogP contribution is 2.40. The zero-order valence-electron chi connectivity index (χ0n) is 16.3. The van der Waals surface area contributed by atoms with E-state index < -0.39 is 0 Å². The molecule has 0 bridgehead atoms. The molecule has 1 N–H and O–H groups in total. The largest absolute Gasteiger partial charge is 0.384 e. The molecule has 0 amide bonds. The number of fused-ring (bicyclic) bond motifs is 2. The van der Waals surface area contributed by atoms with E-state index in [0.717, 1.165) is 58.6 Å². The number of nitrogens with one attached hydrogen (secondary N) is 1. The van der Waals surface area contributed by atoms with Crippen LogP contribution in [0.2, 0.25) is 0 Å². The number of pyridine rings is 2. The second kappa shape index (κ2) is 7.04. The normalized spacial score (nSPS) is 16.3. The summed E-state index contributed by atoms with van der Waals surface area (Å²) in [5.41, 5.74) is 6.25. The molecule has 0 aliphatic carbocycles. The van der Waals surface area contributed by atoms with Gasteiger partial charge in [-0.25, -0.2) is 9.37 Å². The van der Waals surface area contributed by atoms with Gasteiger partial charge in [-0.15, -0.1) is 0 Å². The van der Waals surface area contributed by atoms with Crippen molar-refractivity contribution >= 4 is 11.0 Å². The van der Waals surface area contributed by atoms with Crippen molar-refractivity contribution in [3.8, 4) is 22.5 Å². The number of nitrogens with zero attached hydrogens (tertiary/aromatic N) is 5. The predicted octanol–water partition coefficient (Wildman–Crippen LogP) is 3.54. The average molecular weight is 392 g/mol. The highest BCUT2D eigenvalue weighted by atomic mass is 19.1. The van der Waals surface area contributed by atoms with Gasteiger partial charge in [-0.3, -0.25) is 14.8 Å². The Bertz CT molecular complexity index is 1180. The highest BCUT2D eigenvalue weighted by Gasteiger charge is 2.28. The summed E-state index contributed by atoms with van der Waals surface area (Å²) in [5.74, 6) is 0.0545. The molecule has 5 rings (SSSR count). The van der Waals surface area contributed by atoms with E-state index in [1.54, 1.807) is 19.4 Å². The molecule has 0 spiro atoms. The molecule has 4 aromatic rings. The van der Waals surface area contributed by atoms with Crippen LogP contribution in [-0.2, 0) is 17.7 Å². The first kappa shape index (κ1) is 17.9. The summed E-state index contributed by atoms with van der Waals surface area (Å²) < 4.78 is 20.9. The fourth-order valence-electron chi connectivity index (χ4n) is 4.19. The highest BCUT2D eigenvalue weighted by molar-refractivity contribution is 5.97. The van der Waals surface area contributed by atoms with Gasteiger partial charge in [-0.05, 0) is 38.0 Å². The lowest BCUT2D eigenvalue weighted by molar-refractivity contribution is 0.129. The summed E-state index contributed by atoms with van der Waals surface area (Å²) >= 11 is 0. The molecule has 29 heavy (non-hydrogen) atoms. The van der Waals surface area contributed by atoms with Crippen LogP contribution in [0.15, 0.2) is 30.6 Å². The van der Waals surface area contributed by atoms with Gasteiger partial charge in [0.25, 0.3) is 0 Å². The number of H-pyrrole nitrogens is 1. The Kier molecular flexibility index (Phi) is 4.35. The minimum atomic E-state index is -0.364. The topological polar surface area (TPSA) is 81.5 Å². The molecule has 4 aromatic heterocycles. The summed E-state index contributed by atoms with van der Waals surface area (Å²) in [5, 5.41) is 13.0. The van der Waals surface area contributed by atoms with E-state index in [1.165, 1.54) is 12.3 Å². The maximum Gasteiger partial charge on any atom is 0.155 e. The number of aryl methyl sites for hydroxylation is 1. The standard InChI is InChI=1S/C21H21FN6O/c1-12-7-15(16-9-24-26-21(16)25-12)19-18-6-3-13(11-29-2)10-28(18)27-20(19)17-5-4-14(22)8-23-17/h4-5,7-9,13H,3,6,10-11H2,1-2H3,(H,24,25,26)/t13-/m1/s1. The number of hydrogen-bond acceptors (Lipinski definition) is 5. The van der Waals surface area contributed by atoms with Crippen molar-refractivity contribution in [1.82, 2.24) is 29.9 Å². The molecule has 1 aliphatic heterocycles. The van der Waals surface area contributed by atoms with Crippen LogP contribution in [0.4, 0.5) is 4.39 Å². The first-order valence-corrected chi connectivity index (χ1v) is 9.65. The van der Waals surface area contributed by atoms with Crippen molar-refractivity contribution in [2.45, 2.75) is 26.3 Å². The van der Waals surface area contributed by atoms with E-state index >= 15 is 0 Å². The van der Waals surface area contributed by atoms with Crippen LogP contribution < -0.4 is 0 Å². The van der Waals surface area contributed by atoms with Gasteiger partial charge >= 0.3 is 0 Å². The Morgan fingerprint density at radius 3 is 3.00 bits per heavy atom. The number of rotatable bonds is 4.